The van der Waals surface area contributed by atoms with Gasteiger partial charge in [0.25, 0.3) is 0 Å². The predicted octanol–water partition coefficient (Wildman–Crippen LogP) is 4.69. The van der Waals surface area contributed by atoms with Crippen LogP contribution < -0.4 is 10.6 Å². The van der Waals surface area contributed by atoms with Gasteiger partial charge in [-0.1, -0.05) is 66.2 Å². The van der Waals surface area contributed by atoms with E-state index < -0.39 is 7.29 Å². The number of benzene rings is 3. The predicted molar refractivity (Wildman–Crippen MR) is 98.8 cm³/mol. The lowest BCUT2D eigenvalue weighted by Gasteiger charge is -2.14. The molecule has 23 heavy (non-hydrogen) atoms. The largest absolute Gasteiger partial charge is 0.288 e. The number of halogens is 1. The van der Waals surface area contributed by atoms with Crippen LogP contribution in [0.3, 0.4) is 0 Å². The summed E-state index contributed by atoms with van der Waals surface area (Å²) in [4.78, 5) is 0. The van der Waals surface area contributed by atoms with Gasteiger partial charge < -0.3 is 0 Å². The van der Waals surface area contributed by atoms with Gasteiger partial charge in [0.05, 0.1) is 0 Å². The molecule has 0 aliphatic rings. The first-order valence-corrected chi connectivity index (χ1v) is 9.25. The average Bonchev–Trinajstić information content (AvgIpc) is 2.62. The van der Waals surface area contributed by atoms with Crippen LogP contribution in [0.15, 0.2) is 89.7 Å². The van der Waals surface area contributed by atoms with E-state index in [9.17, 15) is 4.57 Å². The second-order valence-electron chi connectivity index (χ2n) is 5.01. The maximum Gasteiger partial charge on any atom is 0.247 e. The zero-order chi connectivity index (χ0) is 16.1. The van der Waals surface area contributed by atoms with Gasteiger partial charge >= 0.3 is 0 Å². The Balaban J connectivity index is 2.11. The third kappa shape index (κ3) is 3.44. The molecule has 3 rings (SSSR count). The molecule has 114 valence electrons. The van der Waals surface area contributed by atoms with Crippen LogP contribution >= 0.6 is 18.9 Å². The summed E-state index contributed by atoms with van der Waals surface area (Å²) in [5, 5.41) is 1.99. The van der Waals surface area contributed by atoms with E-state index in [1.54, 1.807) is 12.3 Å². The summed E-state index contributed by atoms with van der Waals surface area (Å²) in [6.07, 6.45) is 1.60. The Hall–Kier alpha value is -2.15. The molecule has 0 aromatic heterocycles. The first-order chi connectivity index (χ1) is 11.2. The smallest absolute Gasteiger partial charge is 0.247 e. The highest BCUT2D eigenvalue weighted by molar-refractivity contribution is 7.77. The van der Waals surface area contributed by atoms with Crippen molar-refractivity contribution in [2.24, 2.45) is 4.76 Å². The van der Waals surface area contributed by atoms with Gasteiger partial charge in [0, 0.05) is 27.4 Å². The second kappa shape index (κ2) is 6.95. The van der Waals surface area contributed by atoms with Crippen molar-refractivity contribution in [2.75, 3.05) is 0 Å². The minimum Gasteiger partial charge on any atom is -0.288 e. The summed E-state index contributed by atoms with van der Waals surface area (Å²) < 4.78 is 18.1. The molecule has 0 N–H and O–H groups in total. The quantitative estimate of drug-likeness (QED) is 0.501. The molecule has 0 unspecified atom stereocenters. The van der Waals surface area contributed by atoms with E-state index in [0.717, 1.165) is 5.56 Å². The lowest BCUT2D eigenvalue weighted by atomic mass is 10.2. The molecule has 0 aliphatic heterocycles. The Morgan fingerprint density at radius 1 is 0.739 bits per heavy atom. The Labute approximate surface area is 140 Å². The van der Waals surface area contributed by atoms with Gasteiger partial charge in [-0.25, -0.2) is 4.76 Å². The van der Waals surface area contributed by atoms with Crippen LogP contribution in [0.25, 0.3) is 0 Å². The van der Waals surface area contributed by atoms with E-state index in [-0.39, 0.29) is 0 Å². The third-order valence-corrected chi connectivity index (χ3v) is 6.26. The Morgan fingerprint density at radius 2 is 1.22 bits per heavy atom. The Morgan fingerprint density at radius 3 is 1.74 bits per heavy atom. The maximum atomic E-state index is 13.7. The van der Waals surface area contributed by atoms with E-state index in [4.69, 9.17) is 11.6 Å². The average molecular weight is 340 g/mol. The Kier molecular flexibility index (Phi) is 4.76. The van der Waals surface area contributed by atoms with Gasteiger partial charge in [-0.3, -0.25) is 4.57 Å². The van der Waals surface area contributed by atoms with E-state index in [0.29, 0.717) is 15.6 Å². The number of hydrogen-bond donors (Lipinski definition) is 0. The molecule has 0 fully saturated rings. The van der Waals surface area contributed by atoms with Crippen molar-refractivity contribution in [3.05, 3.63) is 95.5 Å². The lowest BCUT2D eigenvalue weighted by Crippen LogP contribution is -2.14. The van der Waals surface area contributed by atoms with Crippen LogP contribution in [0.5, 0.6) is 0 Å². The van der Waals surface area contributed by atoms with Crippen molar-refractivity contribution in [1.29, 1.82) is 0 Å². The fourth-order valence-corrected chi connectivity index (χ4v) is 4.45. The molecule has 0 aliphatic carbocycles. The minimum absolute atomic E-state index is 0.587. The highest BCUT2D eigenvalue weighted by Crippen LogP contribution is 2.44. The standard InChI is InChI=1S/C19H15ClNOP/c20-19-14-8-7-9-16(19)15-21-23(22,17-10-3-1-4-11-17)18-12-5-2-6-13-18/h1-15H/b21-15+. The molecule has 0 spiro atoms. The summed E-state index contributed by atoms with van der Waals surface area (Å²) in [7, 11) is -3.10. The van der Waals surface area contributed by atoms with Gasteiger partial charge in [-0.15, -0.1) is 0 Å². The van der Waals surface area contributed by atoms with Crippen molar-refractivity contribution in [2.45, 2.75) is 0 Å². The topological polar surface area (TPSA) is 29.4 Å². The Bertz CT molecular complexity index is 819. The molecule has 4 heteroatoms. The molecule has 0 atom stereocenters. The SMILES string of the molecule is O=P(/N=C/c1ccccc1Cl)(c1ccccc1)c1ccccc1. The highest BCUT2D eigenvalue weighted by atomic mass is 35.5. The van der Waals surface area contributed by atoms with Gasteiger partial charge in [0.2, 0.25) is 7.29 Å². The first-order valence-electron chi connectivity index (χ1n) is 7.21. The first kappa shape index (κ1) is 15.7. The summed E-state index contributed by atoms with van der Waals surface area (Å²) >= 11 is 6.16. The van der Waals surface area contributed by atoms with Crippen LogP contribution in [-0.2, 0) is 4.57 Å². The maximum absolute atomic E-state index is 13.7. The van der Waals surface area contributed by atoms with Crippen molar-refractivity contribution in [3.8, 4) is 0 Å². The van der Waals surface area contributed by atoms with Gasteiger partial charge in [0.1, 0.15) is 0 Å². The lowest BCUT2D eigenvalue weighted by molar-refractivity contribution is 0.588. The number of nitrogens with zero attached hydrogens (tertiary/aromatic N) is 1. The normalized spacial score (nSPS) is 11.7. The van der Waals surface area contributed by atoms with Crippen molar-refractivity contribution < 1.29 is 4.57 Å². The molecule has 3 aromatic rings. The van der Waals surface area contributed by atoms with Crippen LogP contribution in [0.4, 0.5) is 0 Å². The molecule has 0 bridgehead atoms. The molecule has 0 heterocycles. The van der Waals surface area contributed by atoms with Gasteiger partial charge in [-0.2, -0.15) is 0 Å². The second-order valence-corrected chi connectivity index (χ2v) is 7.84. The molecular formula is C19H15ClNOP. The fourth-order valence-electron chi connectivity index (χ4n) is 2.27. The molecular weight excluding hydrogens is 325 g/mol. The molecule has 0 amide bonds. The van der Waals surface area contributed by atoms with Crippen LogP contribution in [0.2, 0.25) is 5.02 Å². The van der Waals surface area contributed by atoms with E-state index >= 15 is 0 Å². The molecule has 3 aromatic carbocycles. The van der Waals surface area contributed by atoms with E-state index in [1.807, 2.05) is 78.9 Å². The third-order valence-electron chi connectivity index (χ3n) is 3.48. The van der Waals surface area contributed by atoms with E-state index in [1.165, 1.54) is 0 Å². The molecule has 2 nitrogen and oxygen atoms in total. The van der Waals surface area contributed by atoms with Crippen LogP contribution in [0, 0.1) is 0 Å². The van der Waals surface area contributed by atoms with Crippen LogP contribution in [-0.4, -0.2) is 6.21 Å². The molecule has 0 saturated carbocycles. The zero-order valence-electron chi connectivity index (χ0n) is 12.3. The number of hydrogen-bond acceptors (Lipinski definition) is 1. The highest BCUT2D eigenvalue weighted by Gasteiger charge is 2.25. The van der Waals surface area contributed by atoms with Crippen LogP contribution in [0.1, 0.15) is 5.56 Å². The summed E-state index contributed by atoms with van der Waals surface area (Å²) in [5.41, 5.74) is 0.751. The van der Waals surface area contributed by atoms with Gasteiger partial charge in [0.15, 0.2) is 0 Å². The summed E-state index contributed by atoms with van der Waals surface area (Å²) in [6, 6.07) is 26.0. The summed E-state index contributed by atoms with van der Waals surface area (Å²) in [5.74, 6) is 0. The van der Waals surface area contributed by atoms with Crippen molar-refractivity contribution in [1.82, 2.24) is 0 Å². The summed E-state index contributed by atoms with van der Waals surface area (Å²) in [6.45, 7) is 0. The zero-order valence-corrected chi connectivity index (χ0v) is 14.0. The van der Waals surface area contributed by atoms with E-state index in [2.05, 4.69) is 4.76 Å². The van der Waals surface area contributed by atoms with Crippen molar-refractivity contribution >= 4 is 35.7 Å². The van der Waals surface area contributed by atoms with Crippen molar-refractivity contribution in [3.63, 3.8) is 0 Å². The van der Waals surface area contributed by atoms with Gasteiger partial charge in [-0.05, 0) is 30.3 Å². The molecule has 0 radical (unpaired) electrons. The fraction of sp³-hybridized carbons (Fsp3) is 0. The number of rotatable bonds is 4. The monoisotopic (exact) mass is 339 g/mol. The molecule has 0 saturated heterocycles. The minimum atomic E-state index is -3.10.